The van der Waals surface area contributed by atoms with E-state index in [9.17, 15) is 4.79 Å². The van der Waals surface area contributed by atoms with Crippen molar-refractivity contribution in [3.63, 3.8) is 0 Å². The molecule has 1 amide bonds. The van der Waals surface area contributed by atoms with Gasteiger partial charge in [0.05, 0.1) is 0 Å². The summed E-state index contributed by atoms with van der Waals surface area (Å²) in [6.45, 7) is -0.0693. The van der Waals surface area contributed by atoms with Gasteiger partial charge in [0.2, 0.25) is 0 Å². The first-order valence-corrected chi connectivity index (χ1v) is 11.0. The number of aromatic nitrogens is 2. The molecule has 34 heavy (non-hydrogen) atoms. The summed E-state index contributed by atoms with van der Waals surface area (Å²) < 4.78 is 7.70. The van der Waals surface area contributed by atoms with E-state index in [1.54, 1.807) is 6.20 Å². The van der Waals surface area contributed by atoms with Crippen molar-refractivity contribution in [3.05, 3.63) is 122 Å². The minimum Gasteiger partial charge on any atom is -0.484 e. The Morgan fingerprint density at radius 1 is 0.735 bits per heavy atom. The topological polar surface area (TPSA) is 56.2 Å². The number of anilines is 1. The number of nitrogens with one attached hydrogen (secondary N) is 1. The van der Waals surface area contributed by atoms with Crippen molar-refractivity contribution in [1.29, 1.82) is 0 Å². The maximum Gasteiger partial charge on any atom is 0.262 e. The van der Waals surface area contributed by atoms with E-state index < -0.39 is 0 Å². The minimum atomic E-state index is -0.211. The first-order valence-electron chi connectivity index (χ1n) is 11.0. The second kappa shape index (κ2) is 9.88. The summed E-state index contributed by atoms with van der Waals surface area (Å²) in [6.07, 6.45) is 3.71. The molecule has 5 heteroatoms. The monoisotopic (exact) mass is 445 g/mol. The molecule has 0 radical (unpaired) electrons. The van der Waals surface area contributed by atoms with Gasteiger partial charge in [-0.15, -0.1) is 0 Å². The quantitative estimate of drug-likeness (QED) is 0.323. The number of hydrogen-bond acceptors (Lipinski definition) is 3. The lowest BCUT2D eigenvalue weighted by molar-refractivity contribution is -0.118. The standard InChI is InChI=1S/C29H23N3O2/c33-28(31-25-13-11-23(12-14-25)22-7-3-1-4-8-22)21-34-27-17-15-26(16-18-27)32-20-19-30-29(32)24-9-5-2-6-10-24/h1-20H,21H2,(H,31,33). The maximum absolute atomic E-state index is 12.3. The van der Waals surface area contributed by atoms with E-state index in [-0.39, 0.29) is 12.5 Å². The summed E-state index contributed by atoms with van der Waals surface area (Å²) in [5, 5.41) is 2.87. The van der Waals surface area contributed by atoms with Crippen LogP contribution in [-0.2, 0) is 4.79 Å². The summed E-state index contributed by atoms with van der Waals surface area (Å²) in [4.78, 5) is 16.8. The van der Waals surface area contributed by atoms with Gasteiger partial charge in [-0.1, -0.05) is 72.8 Å². The fraction of sp³-hybridized carbons (Fsp3) is 0.0345. The van der Waals surface area contributed by atoms with Gasteiger partial charge in [-0.2, -0.15) is 0 Å². The molecule has 0 aliphatic carbocycles. The molecular weight excluding hydrogens is 422 g/mol. The minimum absolute atomic E-state index is 0.0693. The van der Waals surface area contributed by atoms with Crippen molar-refractivity contribution in [1.82, 2.24) is 9.55 Å². The molecule has 0 aliphatic rings. The average Bonchev–Trinajstić information content (AvgIpc) is 3.39. The first kappa shape index (κ1) is 21.2. The van der Waals surface area contributed by atoms with Crippen LogP contribution in [0.1, 0.15) is 0 Å². The molecule has 0 bridgehead atoms. The van der Waals surface area contributed by atoms with Gasteiger partial charge in [-0.25, -0.2) is 4.98 Å². The normalized spacial score (nSPS) is 10.6. The molecule has 166 valence electrons. The number of imidazole rings is 1. The molecule has 5 rings (SSSR count). The summed E-state index contributed by atoms with van der Waals surface area (Å²) in [7, 11) is 0. The molecular formula is C29H23N3O2. The van der Waals surface area contributed by atoms with E-state index in [4.69, 9.17) is 4.74 Å². The number of carbonyl (C=O) groups is 1. The highest BCUT2D eigenvalue weighted by Gasteiger charge is 2.08. The van der Waals surface area contributed by atoms with Gasteiger partial charge in [-0.05, 0) is 47.5 Å². The van der Waals surface area contributed by atoms with Crippen molar-refractivity contribution in [2.45, 2.75) is 0 Å². The zero-order chi connectivity index (χ0) is 23.2. The van der Waals surface area contributed by atoms with E-state index in [2.05, 4.69) is 22.4 Å². The average molecular weight is 446 g/mol. The first-order chi connectivity index (χ1) is 16.8. The van der Waals surface area contributed by atoms with E-state index in [0.29, 0.717) is 5.75 Å². The molecule has 0 fully saturated rings. The van der Waals surface area contributed by atoms with Crippen molar-refractivity contribution < 1.29 is 9.53 Å². The SMILES string of the molecule is O=C(COc1ccc(-n2ccnc2-c2ccccc2)cc1)Nc1ccc(-c2ccccc2)cc1. The number of hydrogen-bond donors (Lipinski definition) is 1. The predicted octanol–water partition coefficient (Wildman–Crippen LogP) is 6.22. The van der Waals surface area contributed by atoms with Crippen LogP contribution in [0.4, 0.5) is 5.69 Å². The lowest BCUT2D eigenvalue weighted by atomic mass is 10.1. The van der Waals surface area contributed by atoms with Gasteiger partial charge in [-0.3, -0.25) is 9.36 Å². The van der Waals surface area contributed by atoms with Crippen molar-refractivity contribution in [2.75, 3.05) is 11.9 Å². The summed E-state index contributed by atoms with van der Waals surface area (Å²) in [5.74, 6) is 1.28. The predicted molar refractivity (Wildman–Crippen MR) is 135 cm³/mol. The molecule has 0 aliphatic heterocycles. The van der Waals surface area contributed by atoms with Crippen molar-refractivity contribution in [3.8, 4) is 34.0 Å². The zero-order valence-corrected chi connectivity index (χ0v) is 18.5. The molecule has 4 aromatic carbocycles. The Labute approximate surface area is 198 Å². The molecule has 0 atom stereocenters. The summed E-state index contributed by atoms with van der Waals surface area (Å²) >= 11 is 0. The molecule has 0 saturated heterocycles. The van der Waals surface area contributed by atoms with Crippen LogP contribution in [0, 0.1) is 0 Å². The van der Waals surface area contributed by atoms with E-state index >= 15 is 0 Å². The third-order valence-electron chi connectivity index (χ3n) is 5.43. The third kappa shape index (κ3) is 4.89. The van der Waals surface area contributed by atoms with Crippen LogP contribution in [0.5, 0.6) is 5.75 Å². The van der Waals surface area contributed by atoms with Gasteiger partial charge in [0.25, 0.3) is 5.91 Å². The Hall–Kier alpha value is -4.64. The lowest BCUT2D eigenvalue weighted by Gasteiger charge is -2.11. The third-order valence-corrected chi connectivity index (χ3v) is 5.43. The van der Waals surface area contributed by atoms with Crippen LogP contribution >= 0.6 is 0 Å². The van der Waals surface area contributed by atoms with E-state index in [1.807, 2.05) is 108 Å². The number of rotatable bonds is 7. The number of benzene rings is 4. The molecule has 0 unspecified atom stereocenters. The Kier molecular flexibility index (Phi) is 6.16. The smallest absolute Gasteiger partial charge is 0.262 e. The second-order valence-electron chi connectivity index (χ2n) is 7.76. The van der Waals surface area contributed by atoms with Gasteiger partial charge in [0.1, 0.15) is 11.6 Å². The lowest BCUT2D eigenvalue weighted by Crippen LogP contribution is -2.20. The molecule has 5 nitrogen and oxygen atoms in total. The van der Waals surface area contributed by atoms with Crippen LogP contribution in [-0.4, -0.2) is 22.1 Å². The molecule has 1 heterocycles. The number of ether oxygens (including phenoxy) is 1. The number of carbonyl (C=O) groups excluding carboxylic acids is 1. The fourth-order valence-corrected chi connectivity index (χ4v) is 3.74. The van der Waals surface area contributed by atoms with Crippen molar-refractivity contribution >= 4 is 11.6 Å². The molecule has 0 spiro atoms. The molecule has 1 N–H and O–H groups in total. The summed E-state index contributed by atoms with van der Waals surface area (Å²) in [6, 6.07) is 35.5. The summed E-state index contributed by atoms with van der Waals surface area (Å²) in [5.41, 5.74) is 4.98. The van der Waals surface area contributed by atoms with Crippen LogP contribution in [0.2, 0.25) is 0 Å². The van der Waals surface area contributed by atoms with Gasteiger partial charge in [0, 0.05) is 29.3 Å². The highest BCUT2D eigenvalue weighted by Crippen LogP contribution is 2.23. The van der Waals surface area contributed by atoms with E-state index in [0.717, 1.165) is 33.9 Å². The maximum atomic E-state index is 12.3. The Morgan fingerprint density at radius 2 is 1.35 bits per heavy atom. The number of nitrogens with zero attached hydrogens (tertiary/aromatic N) is 2. The van der Waals surface area contributed by atoms with Gasteiger partial charge < -0.3 is 10.1 Å². The largest absolute Gasteiger partial charge is 0.484 e. The van der Waals surface area contributed by atoms with Crippen LogP contribution < -0.4 is 10.1 Å². The Bertz CT molecular complexity index is 1360. The highest BCUT2D eigenvalue weighted by molar-refractivity contribution is 5.92. The number of amides is 1. The second-order valence-corrected chi connectivity index (χ2v) is 7.76. The molecule has 1 aromatic heterocycles. The Balaban J connectivity index is 1.18. The van der Waals surface area contributed by atoms with Gasteiger partial charge >= 0.3 is 0 Å². The molecule has 0 saturated carbocycles. The van der Waals surface area contributed by atoms with Crippen LogP contribution in [0.15, 0.2) is 122 Å². The fourth-order valence-electron chi connectivity index (χ4n) is 3.74. The van der Waals surface area contributed by atoms with Crippen LogP contribution in [0.25, 0.3) is 28.2 Å². The zero-order valence-electron chi connectivity index (χ0n) is 18.5. The van der Waals surface area contributed by atoms with Gasteiger partial charge in [0.15, 0.2) is 6.61 Å². The Morgan fingerprint density at radius 3 is 2.03 bits per heavy atom. The molecule has 5 aromatic rings. The highest BCUT2D eigenvalue weighted by atomic mass is 16.5. The van der Waals surface area contributed by atoms with Crippen molar-refractivity contribution in [2.24, 2.45) is 0 Å². The van der Waals surface area contributed by atoms with E-state index in [1.165, 1.54) is 0 Å². The van der Waals surface area contributed by atoms with Crippen LogP contribution in [0.3, 0.4) is 0 Å².